The van der Waals surface area contributed by atoms with Crippen molar-refractivity contribution in [3.63, 3.8) is 0 Å². The molecule has 33 heavy (non-hydrogen) atoms. The Hall–Kier alpha value is -2.44. The van der Waals surface area contributed by atoms with Crippen LogP contribution in [0, 0.1) is 0 Å². The molecule has 7 heteroatoms. The molecule has 1 heterocycles. The number of halogens is 1. The largest absolute Gasteiger partial charge is 0.384 e. The van der Waals surface area contributed by atoms with Crippen LogP contribution in [0.5, 0.6) is 0 Å². The predicted octanol–water partition coefficient (Wildman–Crippen LogP) is 5.84. The molecule has 0 radical (unpaired) electrons. The fourth-order valence-corrected chi connectivity index (χ4v) is 3.67. The summed E-state index contributed by atoms with van der Waals surface area (Å²) < 4.78 is 0. The highest BCUT2D eigenvalue weighted by Crippen LogP contribution is 2.24. The molecule has 0 atom stereocenters. The number of nitrogens with zero attached hydrogens (tertiary/aromatic N) is 3. The summed E-state index contributed by atoms with van der Waals surface area (Å²) >= 11 is 6.07. The molecule has 0 saturated heterocycles. The second kappa shape index (κ2) is 16.2. The molecule has 2 aromatic rings. The Morgan fingerprint density at radius 3 is 2.58 bits per heavy atom. The summed E-state index contributed by atoms with van der Waals surface area (Å²) in [5.41, 5.74) is 2.92. The number of allylic oxidation sites excluding steroid dienone is 1. The zero-order valence-electron chi connectivity index (χ0n) is 20.2. The topological polar surface area (TPSA) is 73.7 Å². The number of anilines is 1. The van der Waals surface area contributed by atoms with Gasteiger partial charge in [-0.05, 0) is 77.2 Å². The van der Waals surface area contributed by atoms with E-state index in [1.54, 1.807) is 0 Å². The molecule has 0 aliphatic heterocycles. The number of hydrogen-bond acceptors (Lipinski definition) is 5. The number of pyridine rings is 1. The van der Waals surface area contributed by atoms with E-state index in [9.17, 15) is 0 Å². The first-order chi connectivity index (χ1) is 16.1. The van der Waals surface area contributed by atoms with E-state index >= 15 is 0 Å². The third-order valence-electron chi connectivity index (χ3n) is 5.39. The van der Waals surface area contributed by atoms with Crippen molar-refractivity contribution in [1.29, 1.82) is 0 Å². The van der Waals surface area contributed by atoms with Gasteiger partial charge in [-0.15, -0.1) is 0 Å². The number of fused-ring (bicyclic) bond motifs is 1. The molecule has 0 spiro atoms. The lowest BCUT2D eigenvalue weighted by atomic mass is 10.1. The maximum atomic E-state index is 6.07. The summed E-state index contributed by atoms with van der Waals surface area (Å²) in [6.45, 7) is 9.33. The van der Waals surface area contributed by atoms with Gasteiger partial charge in [0.15, 0.2) is 0 Å². The molecule has 0 amide bonds. The fourth-order valence-electron chi connectivity index (χ4n) is 3.50. The Morgan fingerprint density at radius 2 is 1.79 bits per heavy atom. The van der Waals surface area contributed by atoms with Crippen LogP contribution in [0.15, 0.2) is 52.2 Å². The Morgan fingerprint density at radius 1 is 1.03 bits per heavy atom. The minimum Gasteiger partial charge on any atom is -0.384 e. The Labute approximate surface area is 204 Å². The third kappa shape index (κ3) is 10.8. The van der Waals surface area contributed by atoms with Crippen molar-refractivity contribution >= 4 is 40.7 Å². The molecular formula is C26H39ClN6. The quantitative estimate of drug-likeness (QED) is 0.163. The van der Waals surface area contributed by atoms with Gasteiger partial charge in [0.25, 0.3) is 0 Å². The number of aromatic nitrogens is 1. The van der Waals surface area contributed by atoms with E-state index in [-0.39, 0.29) is 0 Å². The van der Waals surface area contributed by atoms with Crippen molar-refractivity contribution in [3.8, 4) is 0 Å². The van der Waals surface area contributed by atoms with Gasteiger partial charge in [0.2, 0.25) is 0 Å². The Balaban J connectivity index is 1.65. The first-order valence-electron chi connectivity index (χ1n) is 12.0. The zero-order chi connectivity index (χ0) is 23.7. The smallest absolute Gasteiger partial charge is 0.122 e. The molecule has 6 nitrogen and oxygen atoms in total. The van der Waals surface area contributed by atoms with Gasteiger partial charge in [-0.3, -0.25) is 15.0 Å². The highest BCUT2D eigenvalue weighted by Gasteiger charge is 2.02. The summed E-state index contributed by atoms with van der Waals surface area (Å²) in [4.78, 5) is 13.1. The SMILES string of the molecule is C=N/C(C)=C\C(=N/CCCCCNC)NCCCCCCNc1ccnc2cc(Cl)ccc12. The second-order valence-electron chi connectivity index (χ2n) is 8.16. The van der Waals surface area contributed by atoms with Crippen LogP contribution in [0.2, 0.25) is 5.02 Å². The van der Waals surface area contributed by atoms with Crippen molar-refractivity contribution in [2.45, 2.75) is 51.9 Å². The lowest BCUT2D eigenvalue weighted by molar-refractivity contribution is 0.638. The Kier molecular flexibility index (Phi) is 13.2. The van der Waals surface area contributed by atoms with E-state index in [0.717, 1.165) is 73.6 Å². The minimum atomic E-state index is 0.713. The number of rotatable bonds is 16. The lowest BCUT2D eigenvalue weighted by Gasteiger charge is -2.10. The van der Waals surface area contributed by atoms with Crippen molar-refractivity contribution < 1.29 is 0 Å². The number of unbranched alkanes of at least 4 members (excludes halogenated alkanes) is 5. The molecule has 0 aliphatic carbocycles. The van der Waals surface area contributed by atoms with E-state index in [4.69, 9.17) is 16.6 Å². The number of nitrogens with one attached hydrogen (secondary N) is 3. The van der Waals surface area contributed by atoms with Crippen LogP contribution in [0.25, 0.3) is 10.9 Å². The van der Waals surface area contributed by atoms with Crippen molar-refractivity contribution in [3.05, 3.63) is 47.3 Å². The molecule has 2 rings (SSSR count). The normalized spacial score (nSPS) is 12.2. The van der Waals surface area contributed by atoms with Crippen LogP contribution in [0.1, 0.15) is 51.9 Å². The van der Waals surface area contributed by atoms with Crippen LogP contribution < -0.4 is 16.0 Å². The average molecular weight is 471 g/mol. The number of aliphatic imine (C=N–C) groups is 2. The third-order valence-corrected chi connectivity index (χ3v) is 5.63. The molecule has 0 fully saturated rings. The number of benzene rings is 1. The first-order valence-corrected chi connectivity index (χ1v) is 12.4. The second-order valence-corrected chi connectivity index (χ2v) is 8.60. The molecule has 3 N–H and O–H groups in total. The van der Waals surface area contributed by atoms with Crippen LogP contribution >= 0.6 is 11.6 Å². The highest BCUT2D eigenvalue weighted by molar-refractivity contribution is 6.31. The van der Waals surface area contributed by atoms with E-state index in [1.807, 2.05) is 50.5 Å². The van der Waals surface area contributed by atoms with E-state index in [2.05, 4.69) is 32.6 Å². The summed E-state index contributed by atoms with van der Waals surface area (Å²) in [5, 5.41) is 12.0. The molecule has 0 bridgehead atoms. The van der Waals surface area contributed by atoms with Gasteiger partial charge in [-0.1, -0.05) is 30.9 Å². The van der Waals surface area contributed by atoms with E-state index in [1.165, 1.54) is 25.7 Å². The van der Waals surface area contributed by atoms with Crippen LogP contribution in [0.3, 0.4) is 0 Å². The molecule has 180 valence electrons. The van der Waals surface area contributed by atoms with Gasteiger partial charge in [-0.25, -0.2) is 0 Å². The van der Waals surface area contributed by atoms with Gasteiger partial charge in [0.1, 0.15) is 5.84 Å². The zero-order valence-corrected chi connectivity index (χ0v) is 20.9. The highest BCUT2D eigenvalue weighted by atomic mass is 35.5. The molecule has 1 aromatic carbocycles. The van der Waals surface area contributed by atoms with Crippen molar-refractivity contribution in [2.75, 3.05) is 38.5 Å². The van der Waals surface area contributed by atoms with Gasteiger partial charge >= 0.3 is 0 Å². The van der Waals surface area contributed by atoms with Crippen LogP contribution in [-0.4, -0.2) is 50.8 Å². The average Bonchev–Trinajstić information content (AvgIpc) is 2.82. The first kappa shape index (κ1) is 26.8. The standard InChI is InChI=1S/C26H39ClN6/c1-21(29-3)19-26(33-17-10-6-7-14-28-2)32-16-9-5-4-8-15-30-24-13-18-31-25-20-22(27)11-12-23(24)25/h11-13,18-20,28H,3-10,14-17H2,1-2H3,(H,30,31)(H,32,33)/b21-19-. The van der Waals surface area contributed by atoms with Gasteiger partial charge in [-0.2, -0.15) is 0 Å². The van der Waals surface area contributed by atoms with E-state index in [0.29, 0.717) is 5.02 Å². The lowest BCUT2D eigenvalue weighted by Crippen LogP contribution is -2.23. The molecule has 1 aromatic heterocycles. The Bertz CT molecular complexity index is 909. The van der Waals surface area contributed by atoms with E-state index < -0.39 is 0 Å². The minimum absolute atomic E-state index is 0.713. The number of amidine groups is 1. The van der Waals surface area contributed by atoms with Crippen LogP contribution in [-0.2, 0) is 0 Å². The maximum absolute atomic E-state index is 6.07. The van der Waals surface area contributed by atoms with Crippen molar-refractivity contribution in [1.82, 2.24) is 15.6 Å². The van der Waals surface area contributed by atoms with Gasteiger partial charge in [0.05, 0.1) is 5.52 Å². The number of hydrogen-bond donors (Lipinski definition) is 3. The van der Waals surface area contributed by atoms with Gasteiger partial charge in [0, 0.05) is 53.7 Å². The summed E-state index contributed by atoms with van der Waals surface area (Å²) in [6.07, 6.45) is 11.9. The maximum Gasteiger partial charge on any atom is 0.122 e. The van der Waals surface area contributed by atoms with Crippen molar-refractivity contribution in [2.24, 2.45) is 9.98 Å². The molecular weight excluding hydrogens is 432 g/mol. The molecule has 0 unspecified atom stereocenters. The summed E-state index contributed by atoms with van der Waals surface area (Å²) in [7, 11) is 1.99. The summed E-state index contributed by atoms with van der Waals surface area (Å²) in [6, 6.07) is 7.86. The monoisotopic (exact) mass is 470 g/mol. The molecule has 0 aliphatic rings. The fraction of sp³-hybridized carbons (Fsp3) is 0.500. The van der Waals surface area contributed by atoms with Crippen LogP contribution in [0.4, 0.5) is 5.69 Å². The predicted molar refractivity (Wildman–Crippen MR) is 145 cm³/mol. The molecule has 0 saturated carbocycles. The summed E-state index contributed by atoms with van der Waals surface area (Å²) in [5.74, 6) is 0.917. The van der Waals surface area contributed by atoms with Gasteiger partial charge < -0.3 is 16.0 Å².